The fourth-order valence-electron chi connectivity index (χ4n) is 1.58. The van der Waals surface area contributed by atoms with E-state index in [1.165, 1.54) is 38.8 Å². The lowest BCUT2D eigenvalue weighted by molar-refractivity contribution is 0.457. The number of rotatable bonds is 8. The van der Waals surface area contributed by atoms with Crippen molar-refractivity contribution in [2.24, 2.45) is 11.8 Å². The van der Waals surface area contributed by atoms with Crippen molar-refractivity contribution >= 4 is 0 Å². The normalized spacial score (nSPS) is 13.6. The van der Waals surface area contributed by atoms with Crippen molar-refractivity contribution in [3.8, 4) is 0 Å². The summed E-state index contributed by atoms with van der Waals surface area (Å²) in [5.74, 6) is 1.71. The van der Waals surface area contributed by atoms with E-state index in [9.17, 15) is 0 Å². The standard InChI is InChI=1S/C12H27N/c1-5-7-12(4)10-13-9-6-8-11(2)3/h11-13H,5-10H2,1-4H3. The molecule has 1 atom stereocenters. The van der Waals surface area contributed by atoms with E-state index in [0.29, 0.717) is 0 Å². The molecule has 0 saturated carbocycles. The highest BCUT2D eigenvalue weighted by atomic mass is 14.8. The smallest absolute Gasteiger partial charge is 0.00232 e. The average molecular weight is 185 g/mol. The number of nitrogens with one attached hydrogen (secondary N) is 1. The maximum absolute atomic E-state index is 3.53. The molecule has 0 rings (SSSR count). The third kappa shape index (κ3) is 9.88. The van der Waals surface area contributed by atoms with E-state index in [-0.39, 0.29) is 0 Å². The highest BCUT2D eigenvalue weighted by molar-refractivity contribution is 4.57. The first-order chi connectivity index (χ1) is 6.16. The van der Waals surface area contributed by atoms with Crippen LogP contribution in [0.2, 0.25) is 0 Å². The van der Waals surface area contributed by atoms with Crippen LogP contribution in [0.15, 0.2) is 0 Å². The first-order valence-corrected chi connectivity index (χ1v) is 5.87. The van der Waals surface area contributed by atoms with E-state index >= 15 is 0 Å². The number of hydrogen-bond acceptors (Lipinski definition) is 1. The predicted molar refractivity (Wildman–Crippen MR) is 61.0 cm³/mol. The summed E-state index contributed by atoms with van der Waals surface area (Å²) >= 11 is 0. The van der Waals surface area contributed by atoms with Crippen molar-refractivity contribution in [3.63, 3.8) is 0 Å². The first-order valence-electron chi connectivity index (χ1n) is 5.87. The van der Waals surface area contributed by atoms with Gasteiger partial charge < -0.3 is 5.32 Å². The van der Waals surface area contributed by atoms with Crippen LogP contribution >= 0.6 is 0 Å². The van der Waals surface area contributed by atoms with Gasteiger partial charge in [-0.3, -0.25) is 0 Å². The molecule has 0 fully saturated rings. The molecule has 0 saturated heterocycles. The Morgan fingerprint density at radius 3 is 2.31 bits per heavy atom. The zero-order valence-corrected chi connectivity index (χ0v) is 9.90. The summed E-state index contributed by atoms with van der Waals surface area (Å²) in [5.41, 5.74) is 0. The van der Waals surface area contributed by atoms with E-state index < -0.39 is 0 Å². The van der Waals surface area contributed by atoms with E-state index in [4.69, 9.17) is 0 Å². The Kier molecular flexibility index (Phi) is 8.53. The summed E-state index contributed by atoms with van der Waals surface area (Å²) in [6, 6.07) is 0. The van der Waals surface area contributed by atoms with Crippen molar-refractivity contribution in [2.45, 2.75) is 53.4 Å². The molecule has 0 radical (unpaired) electrons. The molecule has 0 aromatic rings. The average Bonchev–Trinajstić information content (AvgIpc) is 2.03. The molecule has 0 aromatic heterocycles. The molecule has 0 bridgehead atoms. The molecule has 1 unspecified atom stereocenters. The van der Waals surface area contributed by atoms with Crippen LogP contribution in [0.4, 0.5) is 0 Å². The second-order valence-electron chi connectivity index (χ2n) is 4.63. The van der Waals surface area contributed by atoms with Gasteiger partial charge in [-0.25, -0.2) is 0 Å². The second-order valence-corrected chi connectivity index (χ2v) is 4.63. The fraction of sp³-hybridized carbons (Fsp3) is 1.00. The van der Waals surface area contributed by atoms with Crippen LogP contribution in [0, 0.1) is 11.8 Å². The Morgan fingerprint density at radius 2 is 1.77 bits per heavy atom. The lowest BCUT2D eigenvalue weighted by Gasteiger charge is -2.11. The molecule has 0 aliphatic rings. The fourth-order valence-corrected chi connectivity index (χ4v) is 1.58. The minimum absolute atomic E-state index is 0.851. The van der Waals surface area contributed by atoms with Gasteiger partial charge in [-0.1, -0.05) is 34.1 Å². The van der Waals surface area contributed by atoms with Crippen molar-refractivity contribution in [1.82, 2.24) is 5.32 Å². The van der Waals surface area contributed by atoms with Crippen molar-refractivity contribution in [3.05, 3.63) is 0 Å². The molecule has 0 aliphatic heterocycles. The Hall–Kier alpha value is -0.0400. The Bertz CT molecular complexity index is 99.3. The van der Waals surface area contributed by atoms with Crippen molar-refractivity contribution < 1.29 is 0 Å². The van der Waals surface area contributed by atoms with Gasteiger partial charge in [0.2, 0.25) is 0 Å². The molecule has 13 heavy (non-hydrogen) atoms. The Morgan fingerprint density at radius 1 is 1.08 bits per heavy atom. The van der Waals surface area contributed by atoms with E-state index in [2.05, 4.69) is 33.0 Å². The zero-order valence-electron chi connectivity index (χ0n) is 9.90. The van der Waals surface area contributed by atoms with Crippen LogP contribution in [0.3, 0.4) is 0 Å². The van der Waals surface area contributed by atoms with Crippen LogP contribution < -0.4 is 5.32 Å². The van der Waals surface area contributed by atoms with Gasteiger partial charge >= 0.3 is 0 Å². The maximum atomic E-state index is 3.53. The Labute approximate surface area is 84.3 Å². The van der Waals surface area contributed by atoms with Crippen LogP contribution in [0.5, 0.6) is 0 Å². The van der Waals surface area contributed by atoms with E-state index in [1.807, 2.05) is 0 Å². The zero-order chi connectivity index (χ0) is 10.1. The van der Waals surface area contributed by atoms with E-state index in [0.717, 1.165) is 11.8 Å². The molecule has 0 amide bonds. The monoisotopic (exact) mass is 185 g/mol. The predicted octanol–water partition coefficient (Wildman–Crippen LogP) is 3.45. The van der Waals surface area contributed by atoms with Gasteiger partial charge in [0.25, 0.3) is 0 Å². The highest BCUT2D eigenvalue weighted by Gasteiger charge is 1.99. The molecule has 0 heterocycles. The molecule has 0 aliphatic carbocycles. The maximum Gasteiger partial charge on any atom is -0.00232 e. The van der Waals surface area contributed by atoms with Crippen molar-refractivity contribution in [1.29, 1.82) is 0 Å². The first kappa shape index (κ1) is 13.0. The van der Waals surface area contributed by atoms with Gasteiger partial charge in [0, 0.05) is 0 Å². The van der Waals surface area contributed by atoms with Gasteiger partial charge in [-0.05, 0) is 44.2 Å². The minimum atomic E-state index is 0.851. The second kappa shape index (κ2) is 8.55. The lowest BCUT2D eigenvalue weighted by Crippen LogP contribution is -2.22. The highest BCUT2D eigenvalue weighted by Crippen LogP contribution is 2.04. The topological polar surface area (TPSA) is 12.0 Å². The van der Waals surface area contributed by atoms with Gasteiger partial charge in [-0.15, -0.1) is 0 Å². The van der Waals surface area contributed by atoms with Crippen LogP contribution in [0.1, 0.15) is 53.4 Å². The summed E-state index contributed by atoms with van der Waals surface area (Å²) in [6.45, 7) is 11.6. The molecule has 0 spiro atoms. The van der Waals surface area contributed by atoms with E-state index in [1.54, 1.807) is 0 Å². The summed E-state index contributed by atoms with van der Waals surface area (Å²) in [4.78, 5) is 0. The summed E-state index contributed by atoms with van der Waals surface area (Å²) in [5, 5.41) is 3.53. The lowest BCUT2D eigenvalue weighted by atomic mass is 10.1. The Balaban J connectivity index is 3.06. The van der Waals surface area contributed by atoms with Crippen molar-refractivity contribution in [2.75, 3.05) is 13.1 Å². The molecular formula is C12H27N. The van der Waals surface area contributed by atoms with Crippen LogP contribution in [-0.2, 0) is 0 Å². The van der Waals surface area contributed by atoms with Gasteiger partial charge in [0.1, 0.15) is 0 Å². The summed E-state index contributed by atoms with van der Waals surface area (Å²) < 4.78 is 0. The number of hydrogen-bond donors (Lipinski definition) is 1. The molecule has 0 aromatic carbocycles. The quantitative estimate of drug-likeness (QED) is 0.571. The summed E-state index contributed by atoms with van der Waals surface area (Å²) in [6.07, 6.45) is 5.36. The third-order valence-corrected chi connectivity index (χ3v) is 2.41. The van der Waals surface area contributed by atoms with Crippen LogP contribution in [-0.4, -0.2) is 13.1 Å². The van der Waals surface area contributed by atoms with Gasteiger partial charge in [0.05, 0.1) is 0 Å². The molecule has 1 heteroatoms. The SMILES string of the molecule is CCCC(C)CNCCCC(C)C. The largest absolute Gasteiger partial charge is 0.316 e. The molecule has 80 valence electrons. The minimum Gasteiger partial charge on any atom is -0.316 e. The summed E-state index contributed by atoms with van der Waals surface area (Å²) in [7, 11) is 0. The third-order valence-electron chi connectivity index (χ3n) is 2.41. The molecule has 1 nitrogen and oxygen atoms in total. The molecule has 1 N–H and O–H groups in total. The molecular weight excluding hydrogens is 158 g/mol. The van der Waals surface area contributed by atoms with Gasteiger partial charge in [-0.2, -0.15) is 0 Å². The van der Waals surface area contributed by atoms with Gasteiger partial charge in [0.15, 0.2) is 0 Å². The van der Waals surface area contributed by atoms with Crippen LogP contribution in [0.25, 0.3) is 0 Å².